The van der Waals surface area contributed by atoms with Crippen LogP contribution < -0.4 is 14.5 Å². The summed E-state index contributed by atoms with van der Waals surface area (Å²) >= 11 is 0. The van der Waals surface area contributed by atoms with Gasteiger partial charge in [-0.1, -0.05) is 42.5 Å². The number of ether oxygens (including phenoxy) is 1. The Morgan fingerprint density at radius 1 is 0.800 bits per heavy atom. The van der Waals surface area contributed by atoms with E-state index in [0.29, 0.717) is 0 Å². The molecule has 1 heterocycles. The fraction of sp³-hybridized carbons (Fsp3) is 0.455. The van der Waals surface area contributed by atoms with E-state index in [9.17, 15) is 0 Å². The third-order valence-corrected chi connectivity index (χ3v) is 5.18. The first kappa shape index (κ1) is 18.0. The van der Waals surface area contributed by atoms with Crippen molar-refractivity contribution in [1.82, 2.24) is 0 Å². The normalized spacial score (nSPS) is 20.4. The van der Waals surface area contributed by atoms with Gasteiger partial charge in [0.05, 0.1) is 20.2 Å². The smallest absolute Gasteiger partial charge is 0.127 e. The first-order valence-electron chi connectivity index (χ1n) is 9.70. The van der Waals surface area contributed by atoms with Gasteiger partial charge in [-0.05, 0) is 42.5 Å². The molecule has 2 N–H and O–H groups in total. The molecule has 1 fully saturated rings. The Morgan fingerprint density at radius 2 is 1.48 bits per heavy atom. The van der Waals surface area contributed by atoms with Crippen LogP contribution in [-0.2, 0) is 6.42 Å². The van der Waals surface area contributed by atoms with Crippen molar-refractivity contribution >= 4 is 0 Å². The van der Waals surface area contributed by atoms with Crippen molar-refractivity contribution in [2.75, 3.05) is 46.4 Å². The number of rotatable bonds is 8. The molecule has 25 heavy (non-hydrogen) atoms. The van der Waals surface area contributed by atoms with Crippen LogP contribution in [0.25, 0.3) is 0 Å². The monoisotopic (exact) mass is 340 g/mol. The molecule has 0 aromatic heterocycles. The summed E-state index contributed by atoms with van der Waals surface area (Å²) in [6, 6.07) is 19.2. The van der Waals surface area contributed by atoms with E-state index < -0.39 is 0 Å². The van der Waals surface area contributed by atoms with Gasteiger partial charge < -0.3 is 14.5 Å². The van der Waals surface area contributed by atoms with Crippen molar-refractivity contribution in [3.8, 4) is 5.75 Å². The lowest BCUT2D eigenvalue weighted by molar-refractivity contribution is -1.00. The number of likely N-dealkylation sites (N-methyl/N-ethyl adjacent to an activating group) is 1. The lowest BCUT2D eigenvalue weighted by Crippen LogP contribution is -3.27. The fourth-order valence-electron chi connectivity index (χ4n) is 3.48. The first-order valence-corrected chi connectivity index (χ1v) is 9.70. The first-order chi connectivity index (χ1) is 12.3. The highest BCUT2D eigenvalue weighted by Crippen LogP contribution is 2.15. The highest BCUT2D eigenvalue weighted by molar-refractivity contribution is 5.31. The number of hydrogen-bond acceptors (Lipinski definition) is 1. The maximum atomic E-state index is 5.90. The average molecular weight is 341 g/mol. The summed E-state index contributed by atoms with van der Waals surface area (Å²) in [7, 11) is 2.30. The van der Waals surface area contributed by atoms with Gasteiger partial charge in [0, 0.05) is 0 Å². The Bertz CT molecular complexity index is 604. The van der Waals surface area contributed by atoms with E-state index in [4.69, 9.17) is 4.74 Å². The van der Waals surface area contributed by atoms with Crippen molar-refractivity contribution in [3.05, 3.63) is 65.7 Å². The van der Waals surface area contributed by atoms with Gasteiger partial charge in [-0.25, -0.2) is 0 Å². The third-order valence-electron chi connectivity index (χ3n) is 5.18. The number of nitrogens with one attached hydrogen (secondary N) is 2. The minimum atomic E-state index is 0.830. The number of unbranched alkanes of at least 4 members (excludes halogenated alkanes) is 1. The summed E-state index contributed by atoms with van der Waals surface area (Å²) in [5.41, 5.74) is 2.68. The van der Waals surface area contributed by atoms with E-state index in [1.807, 2.05) is 0 Å². The molecule has 3 rings (SSSR count). The summed E-state index contributed by atoms with van der Waals surface area (Å²) in [5, 5.41) is 0. The van der Waals surface area contributed by atoms with Gasteiger partial charge in [0.15, 0.2) is 0 Å². The standard InChI is InChI=1S/C22H30N2O/c1-23-14-16-24(17-15-23)13-5-6-18-25-22-11-9-21(10-12-22)19-20-7-3-2-4-8-20/h2-4,7-12H,5-6,13-19H2,1H3/p+2. The summed E-state index contributed by atoms with van der Waals surface area (Å²) in [5.74, 6) is 0.993. The molecule has 3 nitrogen and oxygen atoms in total. The molecule has 0 atom stereocenters. The Balaban J connectivity index is 1.32. The summed E-state index contributed by atoms with van der Waals surface area (Å²) in [6.45, 7) is 7.43. The van der Waals surface area contributed by atoms with E-state index in [1.54, 1.807) is 9.80 Å². The van der Waals surface area contributed by atoms with Crippen LogP contribution in [-0.4, -0.2) is 46.4 Å². The molecule has 0 spiro atoms. The van der Waals surface area contributed by atoms with Gasteiger partial charge in [-0.2, -0.15) is 0 Å². The van der Waals surface area contributed by atoms with E-state index in [-0.39, 0.29) is 0 Å². The van der Waals surface area contributed by atoms with Crippen molar-refractivity contribution < 1.29 is 14.5 Å². The average Bonchev–Trinajstić information content (AvgIpc) is 2.65. The molecular weight excluding hydrogens is 308 g/mol. The minimum absolute atomic E-state index is 0.830. The van der Waals surface area contributed by atoms with Crippen LogP contribution in [0.3, 0.4) is 0 Å². The second kappa shape index (κ2) is 9.59. The number of hydrogen-bond donors (Lipinski definition) is 2. The van der Waals surface area contributed by atoms with Gasteiger partial charge in [0.2, 0.25) is 0 Å². The second-order valence-corrected chi connectivity index (χ2v) is 7.32. The van der Waals surface area contributed by atoms with Gasteiger partial charge >= 0.3 is 0 Å². The zero-order valence-corrected chi connectivity index (χ0v) is 15.5. The van der Waals surface area contributed by atoms with Crippen LogP contribution >= 0.6 is 0 Å². The molecule has 0 radical (unpaired) electrons. The van der Waals surface area contributed by atoms with Crippen molar-refractivity contribution in [3.63, 3.8) is 0 Å². The van der Waals surface area contributed by atoms with Gasteiger partial charge in [-0.3, -0.25) is 0 Å². The van der Waals surface area contributed by atoms with E-state index >= 15 is 0 Å². The summed E-state index contributed by atoms with van der Waals surface area (Å²) in [6.07, 6.45) is 3.40. The Morgan fingerprint density at radius 3 is 2.20 bits per heavy atom. The molecule has 134 valence electrons. The van der Waals surface area contributed by atoms with Crippen LogP contribution in [0.4, 0.5) is 0 Å². The molecular formula is C22H32N2O+2. The van der Waals surface area contributed by atoms with Crippen molar-refractivity contribution in [2.24, 2.45) is 0 Å². The number of piperazine rings is 1. The molecule has 0 amide bonds. The minimum Gasteiger partial charge on any atom is -0.494 e. The molecule has 0 unspecified atom stereocenters. The fourth-order valence-corrected chi connectivity index (χ4v) is 3.48. The Labute approximate surface area is 152 Å². The lowest BCUT2D eigenvalue weighted by atomic mass is 10.1. The third kappa shape index (κ3) is 6.18. The van der Waals surface area contributed by atoms with Crippen LogP contribution in [0.15, 0.2) is 54.6 Å². The molecule has 0 saturated carbocycles. The SMILES string of the molecule is C[NH+]1CC[NH+](CCCCOc2ccc(Cc3ccccc3)cc2)CC1. The van der Waals surface area contributed by atoms with Crippen molar-refractivity contribution in [2.45, 2.75) is 19.3 Å². The van der Waals surface area contributed by atoms with Crippen LogP contribution in [0.2, 0.25) is 0 Å². The molecule has 1 saturated heterocycles. The lowest BCUT2D eigenvalue weighted by Gasteiger charge is -2.27. The van der Waals surface area contributed by atoms with Gasteiger partial charge in [0.25, 0.3) is 0 Å². The molecule has 1 aliphatic rings. The molecule has 1 aliphatic heterocycles. The van der Waals surface area contributed by atoms with E-state index in [2.05, 4.69) is 61.6 Å². The highest BCUT2D eigenvalue weighted by Gasteiger charge is 2.18. The summed E-state index contributed by atoms with van der Waals surface area (Å²) in [4.78, 5) is 3.46. The highest BCUT2D eigenvalue weighted by atomic mass is 16.5. The van der Waals surface area contributed by atoms with Gasteiger partial charge in [-0.15, -0.1) is 0 Å². The van der Waals surface area contributed by atoms with Crippen LogP contribution in [0.1, 0.15) is 24.0 Å². The molecule has 0 bridgehead atoms. The molecule has 0 aliphatic carbocycles. The number of benzene rings is 2. The zero-order chi connectivity index (χ0) is 17.3. The predicted molar refractivity (Wildman–Crippen MR) is 103 cm³/mol. The molecule has 2 aromatic rings. The predicted octanol–water partition coefficient (Wildman–Crippen LogP) is 0.850. The Kier molecular flexibility index (Phi) is 6.89. The largest absolute Gasteiger partial charge is 0.494 e. The van der Waals surface area contributed by atoms with E-state index in [1.165, 1.54) is 50.3 Å². The summed E-state index contributed by atoms with van der Waals surface area (Å²) < 4.78 is 5.90. The maximum Gasteiger partial charge on any atom is 0.127 e. The molecule has 3 heteroatoms. The van der Waals surface area contributed by atoms with Crippen LogP contribution in [0, 0.1) is 0 Å². The number of quaternary nitrogens is 2. The quantitative estimate of drug-likeness (QED) is 0.682. The van der Waals surface area contributed by atoms with Crippen LogP contribution in [0.5, 0.6) is 5.75 Å². The van der Waals surface area contributed by atoms with Crippen molar-refractivity contribution in [1.29, 1.82) is 0 Å². The van der Waals surface area contributed by atoms with E-state index in [0.717, 1.165) is 25.2 Å². The second-order valence-electron chi connectivity index (χ2n) is 7.32. The van der Waals surface area contributed by atoms with Gasteiger partial charge in [0.1, 0.15) is 31.9 Å². The zero-order valence-electron chi connectivity index (χ0n) is 15.5. The maximum absolute atomic E-state index is 5.90. The molecule has 2 aromatic carbocycles. The Hall–Kier alpha value is -1.84. The topological polar surface area (TPSA) is 18.1 Å².